The van der Waals surface area contributed by atoms with E-state index in [9.17, 15) is 28.8 Å². The van der Waals surface area contributed by atoms with E-state index in [1.807, 2.05) is 0 Å². The highest BCUT2D eigenvalue weighted by molar-refractivity contribution is 5.78. The van der Waals surface area contributed by atoms with Crippen LogP contribution in [0.25, 0.3) is 0 Å². The van der Waals surface area contributed by atoms with Crippen molar-refractivity contribution >= 4 is 36.2 Å². The largest absolute Gasteiger partial charge is 0.509 e. The molecule has 42 heavy (non-hydrogen) atoms. The zero-order valence-corrected chi connectivity index (χ0v) is 25.4. The maximum absolute atomic E-state index is 12.8. The minimum atomic E-state index is -1.66. The summed E-state index contributed by atoms with van der Waals surface area (Å²) in [6.45, 7) is 5.47. The number of hydrogen-bond acceptors (Lipinski definition) is 16. The SMILES string of the molecule is COCCOC(=O)OC(C)(C)COC(=O)OCC(C)(COC(C)=O)C(=O)OCCOC(=O)C(C)(COC)COC(C)=O. The highest BCUT2D eigenvalue weighted by atomic mass is 16.8. The molecule has 0 rings (SSSR count). The van der Waals surface area contributed by atoms with Gasteiger partial charge in [-0.3, -0.25) is 19.2 Å². The molecule has 16 nitrogen and oxygen atoms in total. The van der Waals surface area contributed by atoms with Crippen LogP contribution in [-0.2, 0) is 66.5 Å². The third-order valence-electron chi connectivity index (χ3n) is 5.10. The van der Waals surface area contributed by atoms with Crippen molar-refractivity contribution in [2.45, 2.75) is 47.1 Å². The normalized spacial score (nSPS) is 13.8. The molecule has 0 aromatic carbocycles. The fourth-order valence-corrected chi connectivity index (χ4v) is 2.76. The molecule has 0 spiro atoms. The lowest BCUT2D eigenvalue weighted by Gasteiger charge is -2.27. The molecule has 0 aliphatic carbocycles. The summed E-state index contributed by atoms with van der Waals surface area (Å²) in [4.78, 5) is 71.7. The first-order chi connectivity index (χ1) is 19.5. The third-order valence-corrected chi connectivity index (χ3v) is 5.10. The van der Waals surface area contributed by atoms with Crippen molar-refractivity contribution in [3.05, 3.63) is 0 Å². The average Bonchev–Trinajstić information content (AvgIpc) is 2.90. The van der Waals surface area contributed by atoms with Gasteiger partial charge in [0.15, 0.2) is 0 Å². The van der Waals surface area contributed by atoms with Gasteiger partial charge >= 0.3 is 36.2 Å². The first-order valence-corrected chi connectivity index (χ1v) is 12.7. The number of hydrogen-bond donors (Lipinski definition) is 0. The molecule has 0 aromatic heterocycles. The van der Waals surface area contributed by atoms with Crippen molar-refractivity contribution in [2.75, 3.05) is 73.7 Å². The molecule has 0 aromatic rings. The molecule has 2 atom stereocenters. The van der Waals surface area contributed by atoms with Crippen molar-refractivity contribution in [3.63, 3.8) is 0 Å². The second-order valence-corrected chi connectivity index (χ2v) is 10.2. The standard InChI is InChI=1S/C26H42O16/c1-18(27)38-15-25(5,14-34-8)20(29)35-11-12-36-21(30)26(6,16-39-19(2)28)17-41-22(31)40-13-24(3,4)42-23(32)37-10-9-33-7/h9-17H2,1-8H3. The Morgan fingerprint density at radius 1 is 0.476 bits per heavy atom. The lowest BCUT2D eigenvalue weighted by Crippen LogP contribution is -2.42. The highest BCUT2D eigenvalue weighted by Gasteiger charge is 2.40. The van der Waals surface area contributed by atoms with E-state index in [1.54, 1.807) is 0 Å². The van der Waals surface area contributed by atoms with Gasteiger partial charge in [-0.1, -0.05) is 0 Å². The zero-order valence-electron chi connectivity index (χ0n) is 25.4. The quantitative estimate of drug-likeness (QED) is 0.116. The van der Waals surface area contributed by atoms with Gasteiger partial charge in [-0.2, -0.15) is 0 Å². The summed E-state index contributed by atoms with van der Waals surface area (Å²) >= 11 is 0. The predicted molar refractivity (Wildman–Crippen MR) is 139 cm³/mol. The summed E-state index contributed by atoms with van der Waals surface area (Å²) in [5.41, 5.74) is -4.24. The van der Waals surface area contributed by atoms with E-state index in [1.165, 1.54) is 48.8 Å². The molecule has 0 saturated heterocycles. The summed E-state index contributed by atoms with van der Waals surface area (Å²) in [6.07, 6.45) is -2.20. The Hall–Kier alpha value is -3.66. The predicted octanol–water partition coefficient (Wildman–Crippen LogP) is 1.59. The van der Waals surface area contributed by atoms with Crippen LogP contribution in [0, 0.1) is 10.8 Å². The Bertz CT molecular complexity index is 916. The molecule has 0 saturated carbocycles. The first kappa shape index (κ1) is 38.3. The number of rotatable bonds is 19. The van der Waals surface area contributed by atoms with E-state index in [4.69, 9.17) is 47.4 Å². The van der Waals surface area contributed by atoms with Gasteiger partial charge in [0.05, 0.1) is 13.2 Å². The Labute approximate surface area is 244 Å². The maximum atomic E-state index is 12.8. The van der Waals surface area contributed by atoms with Crippen molar-refractivity contribution in [1.82, 2.24) is 0 Å². The molecule has 0 fully saturated rings. The van der Waals surface area contributed by atoms with Crippen LogP contribution >= 0.6 is 0 Å². The van der Waals surface area contributed by atoms with Crippen molar-refractivity contribution < 1.29 is 76.1 Å². The molecule has 0 bridgehead atoms. The van der Waals surface area contributed by atoms with Crippen LogP contribution in [0.1, 0.15) is 41.5 Å². The van der Waals surface area contributed by atoms with Crippen molar-refractivity contribution in [2.24, 2.45) is 10.8 Å². The molecule has 242 valence electrons. The number of methoxy groups -OCH3 is 2. The summed E-state index contributed by atoms with van der Waals surface area (Å²) in [7, 11) is 2.79. The molecule has 0 aliphatic heterocycles. The molecule has 2 unspecified atom stereocenters. The lowest BCUT2D eigenvalue weighted by atomic mass is 9.93. The third kappa shape index (κ3) is 16.0. The van der Waals surface area contributed by atoms with E-state index < -0.39 is 79.0 Å². The number of esters is 4. The Kier molecular flexibility index (Phi) is 17.1. The Morgan fingerprint density at radius 3 is 1.36 bits per heavy atom. The van der Waals surface area contributed by atoms with Gasteiger partial charge in [0.2, 0.25) is 0 Å². The molecule has 16 heteroatoms. The maximum Gasteiger partial charge on any atom is 0.509 e. The molecule has 0 heterocycles. The molecule has 0 amide bonds. The average molecular weight is 611 g/mol. The monoisotopic (exact) mass is 610 g/mol. The zero-order chi connectivity index (χ0) is 32.4. The van der Waals surface area contributed by atoms with Crippen LogP contribution in [0.3, 0.4) is 0 Å². The van der Waals surface area contributed by atoms with Crippen LogP contribution in [0.4, 0.5) is 9.59 Å². The van der Waals surface area contributed by atoms with E-state index in [0.29, 0.717) is 0 Å². The van der Waals surface area contributed by atoms with Gasteiger partial charge in [-0.15, -0.1) is 0 Å². The lowest BCUT2D eigenvalue weighted by molar-refractivity contribution is -0.174. The van der Waals surface area contributed by atoms with E-state index in [2.05, 4.69) is 0 Å². The van der Waals surface area contributed by atoms with E-state index in [-0.39, 0.29) is 33.0 Å². The topological polar surface area (TPSA) is 195 Å². The molecule has 0 radical (unpaired) electrons. The van der Waals surface area contributed by atoms with Gasteiger partial charge < -0.3 is 47.4 Å². The van der Waals surface area contributed by atoms with Crippen molar-refractivity contribution in [1.29, 1.82) is 0 Å². The summed E-state index contributed by atoms with van der Waals surface area (Å²) in [5, 5.41) is 0. The second kappa shape index (κ2) is 18.7. The van der Waals surface area contributed by atoms with Gasteiger partial charge in [0.1, 0.15) is 62.7 Å². The summed E-state index contributed by atoms with van der Waals surface area (Å²) < 4.78 is 49.7. The Balaban J connectivity index is 4.97. The van der Waals surface area contributed by atoms with Crippen LogP contribution in [-0.4, -0.2) is 115 Å². The van der Waals surface area contributed by atoms with Crippen LogP contribution in [0.5, 0.6) is 0 Å². The first-order valence-electron chi connectivity index (χ1n) is 12.7. The molecular weight excluding hydrogens is 568 g/mol. The van der Waals surface area contributed by atoms with Crippen molar-refractivity contribution in [3.8, 4) is 0 Å². The molecule has 0 aliphatic rings. The molecule has 0 N–H and O–H groups in total. The van der Waals surface area contributed by atoms with E-state index in [0.717, 1.165) is 6.92 Å². The van der Waals surface area contributed by atoms with Crippen LogP contribution < -0.4 is 0 Å². The minimum absolute atomic E-state index is 0.0307. The van der Waals surface area contributed by atoms with Gasteiger partial charge in [0.25, 0.3) is 0 Å². The summed E-state index contributed by atoms with van der Waals surface area (Å²) in [6, 6.07) is 0. The number of carbonyl (C=O) groups is 6. The van der Waals surface area contributed by atoms with Gasteiger partial charge in [-0.05, 0) is 27.7 Å². The minimum Gasteiger partial charge on any atom is -0.465 e. The van der Waals surface area contributed by atoms with Crippen LogP contribution in [0.2, 0.25) is 0 Å². The fourth-order valence-electron chi connectivity index (χ4n) is 2.76. The van der Waals surface area contributed by atoms with Crippen LogP contribution in [0.15, 0.2) is 0 Å². The number of ether oxygens (including phenoxy) is 10. The fraction of sp³-hybridized carbons (Fsp3) is 0.769. The van der Waals surface area contributed by atoms with Gasteiger partial charge in [-0.25, -0.2) is 9.59 Å². The highest BCUT2D eigenvalue weighted by Crippen LogP contribution is 2.22. The van der Waals surface area contributed by atoms with Gasteiger partial charge in [0, 0.05) is 28.1 Å². The smallest absolute Gasteiger partial charge is 0.465 e. The van der Waals surface area contributed by atoms with E-state index >= 15 is 0 Å². The number of carbonyl (C=O) groups excluding carboxylic acids is 6. The second-order valence-electron chi connectivity index (χ2n) is 10.2. The Morgan fingerprint density at radius 2 is 0.905 bits per heavy atom. The molecular formula is C26H42O16. The summed E-state index contributed by atoms with van der Waals surface area (Å²) in [5.74, 6) is -2.99.